The van der Waals surface area contributed by atoms with E-state index in [2.05, 4.69) is 9.97 Å². The molecule has 6 heteroatoms. The number of halogens is 2. The van der Waals surface area contributed by atoms with Crippen LogP contribution in [-0.2, 0) is 0 Å². The first kappa shape index (κ1) is 14.1. The fourth-order valence-corrected chi connectivity index (χ4v) is 3.04. The van der Waals surface area contributed by atoms with E-state index in [1.54, 1.807) is 6.07 Å². The number of rotatable bonds is 2. The summed E-state index contributed by atoms with van der Waals surface area (Å²) in [6, 6.07) is 4.42. The van der Waals surface area contributed by atoms with E-state index in [-0.39, 0.29) is 28.2 Å². The SMILES string of the molecule is O=c1[nH]c(-c2cccc(Cl)c2F)nc(O)c1C1CCCC1. The predicted octanol–water partition coefficient (Wildman–Crippen LogP) is 3.59. The largest absolute Gasteiger partial charge is 0.493 e. The molecule has 1 aromatic heterocycles. The third kappa shape index (κ3) is 2.53. The van der Waals surface area contributed by atoms with Crippen LogP contribution in [0.2, 0.25) is 5.02 Å². The number of aromatic amines is 1. The molecule has 0 bridgehead atoms. The van der Waals surface area contributed by atoms with Crippen molar-refractivity contribution in [3.8, 4) is 17.3 Å². The highest BCUT2D eigenvalue weighted by atomic mass is 35.5. The number of nitrogens with zero attached hydrogens (tertiary/aromatic N) is 1. The minimum absolute atomic E-state index is 0.0146. The summed E-state index contributed by atoms with van der Waals surface area (Å²) < 4.78 is 14.0. The van der Waals surface area contributed by atoms with Gasteiger partial charge in [0.15, 0.2) is 5.82 Å². The molecule has 1 aliphatic rings. The molecule has 0 unspecified atom stereocenters. The fourth-order valence-electron chi connectivity index (χ4n) is 2.87. The van der Waals surface area contributed by atoms with Crippen LogP contribution in [0.25, 0.3) is 11.4 Å². The van der Waals surface area contributed by atoms with Crippen molar-refractivity contribution in [2.24, 2.45) is 0 Å². The van der Waals surface area contributed by atoms with E-state index in [1.807, 2.05) is 0 Å². The lowest BCUT2D eigenvalue weighted by Gasteiger charge is -2.11. The average Bonchev–Trinajstić information content (AvgIpc) is 2.95. The Balaban J connectivity index is 2.10. The highest BCUT2D eigenvalue weighted by Crippen LogP contribution is 2.36. The molecule has 0 radical (unpaired) electrons. The number of nitrogens with one attached hydrogen (secondary N) is 1. The van der Waals surface area contributed by atoms with Crippen molar-refractivity contribution in [3.63, 3.8) is 0 Å². The van der Waals surface area contributed by atoms with Crippen molar-refractivity contribution in [3.05, 3.63) is 45.0 Å². The predicted molar refractivity (Wildman–Crippen MR) is 78.1 cm³/mol. The third-order valence-electron chi connectivity index (χ3n) is 3.91. The summed E-state index contributed by atoms with van der Waals surface area (Å²) in [5.41, 5.74) is -0.0460. The smallest absolute Gasteiger partial charge is 0.258 e. The molecule has 1 saturated carbocycles. The first-order valence-electron chi connectivity index (χ1n) is 6.85. The van der Waals surface area contributed by atoms with Crippen molar-refractivity contribution >= 4 is 11.6 Å². The number of aromatic hydroxyl groups is 1. The van der Waals surface area contributed by atoms with Gasteiger partial charge in [0.25, 0.3) is 5.56 Å². The van der Waals surface area contributed by atoms with Gasteiger partial charge in [0.05, 0.1) is 16.1 Å². The number of H-pyrrole nitrogens is 1. The van der Waals surface area contributed by atoms with Crippen molar-refractivity contribution in [1.82, 2.24) is 9.97 Å². The van der Waals surface area contributed by atoms with Crippen molar-refractivity contribution in [2.45, 2.75) is 31.6 Å². The van der Waals surface area contributed by atoms with E-state index < -0.39 is 11.4 Å². The molecule has 2 N–H and O–H groups in total. The Morgan fingerprint density at radius 3 is 2.71 bits per heavy atom. The monoisotopic (exact) mass is 308 g/mol. The molecular formula is C15H14ClFN2O2. The van der Waals surface area contributed by atoms with Crippen LogP contribution in [0, 0.1) is 5.82 Å². The van der Waals surface area contributed by atoms with E-state index in [4.69, 9.17) is 11.6 Å². The number of hydrogen-bond acceptors (Lipinski definition) is 3. The Kier molecular flexibility index (Phi) is 3.68. The lowest BCUT2D eigenvalue weighted by molar-refractivity contribution is 0.436. The van der Waals surface area contributed by atoms with Crippen LogP contribution in [-0.4, -0.2) is 15.1 Å². The summed E-state index contributed by atoms with van der Waals surface area (Å²) in [6.45, 7) is 0. The third-order valence-corrected chi connectivity index (χ3v) is 4.20. The van der Waals surface area contributed by atoms with Gasteiger partial charge in [-0.2, -0.15) is 4.98 Å². The first-order chi connectivity index (χ1) is 10.1. The summed E-state index contributed by atoms with van der Waals surface area (Å²) in [7, 11) is 0. The molecule has 1 aromatic carbocycles. The highest BCUT2D eigenvalue weighted by Gasteiger charge is 2.25. The van der Waals surface area contributed by atoms with Gasteiger partial charge in [-0.05, 0) is 30.9 Å². The van der Waals surface area contributed by atoms with Crippen molar-refractivity contribution in [1.29, 1.82) is 0 Å². The van der Waals surface area contributed by atoms with Gasteiger partial charge in [-0.1, -0.05) is 30.5 Å². The van der Waals surface area contributed by atoms with Crippen LogP contribution in [0.4, 0.5) is 4.39 Å². The van der Waals surface area contributed by atoms with Gasteiger partial charge in [0.1, 0.15) is 5.82 Å². The van der Waals surface area contributed by atoms with Gasteiger partial charge >= 0.3 is 0 Å². The molecule has 0 spiro atoms. The molecule has 3 rings (SSSR count). The maximum Gasteiger partial charge on any atom is 0.258 e. The zero-order valence-corrected chi connectivity index (χ0v) is 12.0. The van der Waals surface area contributed by atoms with E-state index in [0.717, 1.165) is 25.7 Å². The standard InChI is InChI=1S/C15H14ClFN2O2/c16-10-7-3-6-9(12(10)17)13-18-14(20)11(15(21)19-13)8-4-1-2-5-8/h3,6-8H,1-2,4-5H2,(H2,18,19,20,21). The summed E-state index contributed by atoms with van der Waals surface area (Å²) in [5.74, 6) is -0.978. The zero-order valence-electron chi connectivity index (χ0n) is 11.2. The van der Waals surface area contributed by atoms with Gasteiger partial charge in [-0.3, -0.25) is 4.79 Å². The number of aromatic nitrogens is 2. The topological polar surface area (TPSA) is 66.0 Å². The summed E-state index contributed by atoms with van der Waals surface area (Å²) in [5, 5.41) is 10.0. The molecule has 110 valence electrons. The second kappa shape index (κ2) is 5.48. The Labute approximate surface area is 125 Å². The van der Waals surface area contributed by atoms with Gasteiger partial charge < -0.3 is 10.1 Å². The minimum Gasteiger partial charge on any atom is -0.493 e. The van der Waals surface area contributed by atoms with Gasteiger partial charge in [-0.15, -0.1) is 0 Å². The molecule has 1 aliphatic carbocycles. The highest BCUT2D eigenvalue weighted by molar-refractivity contribution is 6.31. The molecule has 2 aromatic rings. The molecule has 0 amide bonds. The molecule has 21 heavy (non-hydrogen) atoms. The second-order valence-electron chi connectivity index (χ2n) is 5.23. The quantitative estimate of drug-likeness (QED) is 0.891. The van der Waals surface area contributed by atoms with Gasteiger partial charge in [0.2, 0.25) is 5.88 Å². The molecule has 1 fully saturated rings. The second-order valence-corrected chi connectivity index (χ2v) is 5.64. The van der Waals surface area contributed by atoms with Gasteiger partial charge in [0, 0.05) is 0 Å². The average molecular weight is 309 g/mol. The van der Waals surface area contributed by atoms with Crippen LogP contribution >= 0.6 is 11.6 Å². The maximum atomic E-state index is 14.0. The first-order valence-corrected chi connectivity index (χ1v) is 7.23. The number of hydrogen-bond donors (Lipinski definition) is 2. The minimum atomic E-state index is -0.671. The summed E-state index contributed by atoms with van der Waals surface area (Å²) in [4.78, 5) is 18.7. The molecule has 0 aliphatic heterocycles. The maximum absolute atomic E-state index is 14.0. The summed E-state index contributed by atoms with van der Waals surface area (Å²) in [6.07, 6.45) is 3.80. The molecule has 1 heterocycles. The van der Waals surface area contributed by atoms with E-state index in [1.165, 1.54) is 12.1 Å². The van der Waals surface area contributed by atoms with Crippen molar-refractivity contribution in [2.75, 3.05) is 0 Å². The lowest BCUT2D eigenvalue weighted by Crippen LogP contribution is -2.17. The van der Waals surface area contributed by atoms with Crippen LogP contribution in [0.5, 0.6) is 5.88 Å². The van der Waals surface area contributed by atoms with Crippen LogP contribution < -0.4 is 5.56 Å². The van der Waals surface area contributed by atoms with E-state index >= 15 is 0 Å². The van der Waals surface area contributed by atoms with Crippen LogP contribution in [0.1, 0.15) is 37.2 Å². The Bertz CT molecular complexity index is 739. The zero-order chi connectivity index (χ0) is 15.0. The Morgan fingerprint density at radius 2 is 2.05 bits per heavy atom. The normalized spacial score (nSPS) is 15.5. The fraction of sp³-hybridized carbons (Fsp3) is 0.333. The van der Waals surface area contributed by atoms with Gasteiger partial charge in [-0.25, -0.2) is 4.39 Å². The Hall–Kier alpha value is -1.88. The lowest BCUT2D eigenvalue weighted by atomic mass is 10.00. The molecular weight excluding hydrogens is 295 g/mol. The van der Waals surface area contributed by atoms with Crippen molar-refractivity contribution < 1.29 is 9.50 Å². The van der Waals surface area contributed by atoms with Crippen LogP contribution in [0.3, 0.4) is 0 Å². The Morgan fingerprint density at radius 1 is 1.33 bits per heavy atom. The van der Waals surface area contributed by atoms with E-state index in [0.29, 0.717) is 5.56 Å². The molecule has 4 nitrogen and oxygen atoms in total. The summed E-state index contributed by atoms with van der Waals surface area (Å²) >= 11 is 5.72. The molecule has 0 saturated heterocycles. The van der Waals surface area contributed by atoms with E-state index in [9.17, 15) is 14.3 Å². The van der Waals surface area contributed by atoms with Crippen LogP contribution in [0.15, 0.2) is 23.0 Å². The molecule has 0 atom stereocenters. The number of benzene rings is 1.